The zero-order valence-corrected chi connectivity index (χ0v) is 26.0. The Kier molecular flexibility index (Phi) is 8.37. The fourth-order valence-corrected chi connectivity index (χ4v) is 6.94. The van der Waals surface area contributed by atoms with Gasteiger partial charge in [0.05, 0.1) is 0 Å². The van der Waals surface area contributed by atoms with Crippen molar-refractivity contribution in [1.29, 1.82) is 0 Å². The van der Waals surface area contributed by atoms with E-state index in [-0.39, 0.29) is 23.8 Å². The highest BCUT2D eigenvalue weighted by Crippen LogP contribution is 2.47. The summed E-state index contributed by atoms with van der Waals surface area (Å²) in [4.78, 5) is 40.3. The van der Waals surface area contributed by atoms with Crippen LogP contribution in [0.15, 0.2) is 60.7 Å². The smallest absolute Gasteiger partial charge is 0.308 e. The molecule has 1 fully saturated rings. The van der Waals surface area contributed by atoms with Crippen molar-refractivity contribution in [2.75, 3.05) is 13.1 Å². The van der Waals surface area contributed by atoms with Gasteiger partial charge in [-0.15, -0.1) is 0 Å². The summed E-state index contributed by atoms with van der Waals surface area (Å²) in [6.45, 7) is 11.6. The highest BCUT2D eigenvalue weighted by atomic mass is 16.6. The van der Waals surface area contributed by atoms with Crippen LogP contribution in [0.25, 0.3) is 0 Å². The Hall–Kier alpha value is -4.13. The van der Waals surface area contributed by atoms with Gasteiger partial charge >= 0.3 is 11.9 Å². The zero-order chi connectivity index (χ0) is 30.9. The van der Waals surface area contributed by atoms with Gasteiger partial charge in [-0.1, -0.05) is 60.7 Å². The van der Waals surface area contributed by atoms with Crippen molar-refractivity contribution in [3.8, 4) is 11.5 Å². The number of rotatable bonds is 6. The Morgan fingerprint density at radius 3 is 1.91 bits per heavy atom. The third-order valence-corrected chi connectivity index (χ3v) is 9.26. The van der Waals surface area contributed by atoms with E-state index < -0.39 is 11.2 Å². The molecular formula is C36H41NO6. The summed E-state index contributed by atoms with van der Waals surface area (Å²) in [5.74, 6) is 0.530. The number of hydrogen-bond acceptors (Lipinski definition) is 6. The summed E-state index contributed by atoms with van der Waals surface area (Å²) < 4.78 is 18.4. The second-order valence-corrected chi connectivity index (χ2v) is 12.1. The Morgan fingerprint density at radius 2 is 1.40 bits per heavy atom. The van der Waals surface area contributed by atoms with Crippen LogP contribution in [0.1, 0.15) is 73.4 Å². The first-order valence-electron chi connectivity index (χ1n) is 15.1. The van der Waals surface area contributed by atoms with Gasteiger partial charge in [0.15, 0.2) is 11.2 Å². The van der Waals surface area contributed by atoms with Gasteiger partial charge in [0, 0.05) is 56.0 Å². The maximum absolute atomic E-state index is 14.1. The third-order valence-electron chi connectivity index (χ3n) is 9.26. The van der Waals surface area contributed by atoms with Crippen LogP contribution in [0.2, 0.25) is 0 Å². The van der Waals surface area contributed by atoms with E-state index in [1.165, 1.54) is 13.8 Å². The minimum Gasteiger partial charge on any atom is -0.477 e. The SMILES string of the molecule is CC(=O)Oc1c(C)c(C)c2c(c1C)CCC(C)(C(=O)N1CCC(C(OC(C)=O)(c3ccccc3)c3ccccc3)CC1)O2. The summed E-state index contributed by atoms with van der Waals surface area (Å²) in [5.41, 5.74) is 3.47. The lowest BCUT2D eigenvalue weighted by atomic mass is 9.71. The van der Waals surface area contributed by atoms with Crippen LogP contribution in [-0.2, 0) is 31.1 Å². The molecule has 3 aromatic rings. The van der Waals surface area contributed by atoms with Crippen LogP contribution in [-0.4, -0.2) is 41.4 Å². The molecule has 1 unspecified atom stereocenters. The molecule has 5 rings (SSSR count). The molecule has 2 heterocycles. The fourth-order valence-electron chi connectivity index (χ4n) is 6.94. The minimum atomic E-state index is -1.02. The van der Waals surface area contributed by atoms with Gasteiger partial charge in [-0.25, -0.2) is 0 Å². The largest absolute Gasteiger partial charge is 0.477 e. The molecule has 7 heteroatoms. The molecule has 0 radical (unpaired) electrons. The molecular weight excluding hydrogens is 542 g/mol. The quantitative estimate of drug-likeness (QED) is 0.248. The summed E-state index contributed by atoms with van der Waals surface area (Å²) in [6, 6.07) is 19.8. The Labute approximate surface area is 254 Å². The van der Waals surface area contributed by atoms with Crippen LogP contribution in [0.4, 0.5) is 0 Å². The number of carbonyl (C=O) groups excluding carboxylic acids is 3. The minimum absolute atomic E-state index is 0.0294. The molecule has 0 spiro atoms. The van der Waals surface area contributed by atoms with Crippen molar-refractivity contribution < 1.29 is 28.6 Å². The predicted octanol–water partition coefficient (Wildman–Crippen LogP) is 6.37. The highest BCUT2D eigenvalue weighted by molar-refractivity contribution is 5.86. The fraction of sp³-hybridized carbons (Fsp3) is 0.417. The summed E-state index contributed by atoms with van der Waals surface area (Å²) in [6.07, 6.45) is 2.50. The van der Waals surface area contributed by atoms with Gasteiger partial charge in [0.2, 0.25) is 0 Å². The average Bonchev–Trinajstić information content (AvgIpc) is 3.01. The van der Waals surface area contributed by atoms with E-state index in [1.807, 2.05) is 93.3 Å². The van der Waals surface area contributed by atoms with Crippen LogP contribution in [0.3, 0.4) is 0 Å². The van der Waals surface area contributed by atoms with Gasteiger partial charge in [0.25, 0.3) is 5.91 Å². The van der Waals surface area contributed by atoms with Crippen molar-refractivity contribution in [1.82, 2.24) is 4.90 Å². The first-order valence-corrected chi connectivity index (χ1v) is 15.1. The van der Waals surface area contributed by atoms with Crippen molar-refractivity contribution in [3.63, 3.8) is 0 Å². The summed E-state index contributed by atoms with van der Waals surface area (Å²) >= 11 is 0. The lowest BCUT2D eigenvalue weighted by Crippen LogP contribution is -2.56. The van der Waals surface area contributed by atoms with Crippen LogP contribution in [0.5, 0.6) is 11.5 Å². The van der Waals surface area contributed by atoms with Crippen LogP contribution >= 0.6 is 0 Å². The molecule has 226 valence electrons. The van der Waals surface area contributed by atoms with Crippen molar-refractivity contribution >= 4 is 17.8 Å². The Bertz CT molecular complexity index is 1490. The number of fused-ring (bicyclic) bond motifs is 1. The summed E-state index contributed by atoms with van der Waals surface area (Å²) in [5, 5.41) is 0. The number of carbonyl (C=O) groups is 3. The summed E-state index contributed by atoms with van der Waals surface area (Å²) in [7, 11) is 0. The molecule has 0 N–H and O–H groups in total. The van der Waals surface area contributed by atoms with E-state index in [2.05, 4.69) is 0 Å². The molecule has 1 saturated heterocycles. The zero-order valence-electron chi connectivity index (χ0n) is 26.0. The molecule has 1 amide bonds. The standard InChI is InChI=1S/C36H41NO6/c1-23-24(2)33-31(25(3)32(23)41-26(4)38)17-20-35(6,43-33)34(40)37-21-18-30(19-22-37)36(42-27(5)39,28-13-9-7-10-14-28)29-15-11-8-12-16-29/h7-16,30H,17-22H2,1-6H3. The maximum atomic E-state index is 14.1. The number of benzene rings is 3. The molecule has 7 nitrogen and oxygen atoms in total. The monoisotopic (exact) mass is 583 g/mol. The lowest BCUT2D eigenvalue weighted by molar-refractivity contribution is -0.164. The van der Waals surface area contributed by atoms with E-state index in [9.17, 15) is 14.4 Å². The Balaban J connectivity index is 1.40. The molecule has 43 heavy (non-hydrogen) atoms. The number of likely N-dealkylation sites (tertiary alicyclic amines) is 1. The molecule has 0 bridgehead atoms. The second kappa shape index (κ2) is 11.9. The van der Waals surface area contributed by atoms with Crippen molar-refractivity contribution in [2.24, 2.45) is 5.92 Å². The first kappa shape index (κ1) is 30.3. The number of ether oxygens (including phenoxy) is 3. The first-order chi connectivity index (χ1) is 20.5. The van der Waals surface area contributed by atoms with E-state index in [4.69, 9.17) is 14.2 Å². The van der Waals surface area contributed by atoms with Gasteiger partial charge in [-0.05, 0) is 63.6 Å². The van der Waals surface area contributed by atoms with Gasteiger partial charge in [0.1, 0.15) is 11.5 Å². The lowest BCUT2D eigenvalue weighted by Gasteiger charge is -2.46. The van der Waals surface area contributed by atoms with Crippen LogP contribution < -0.4 is 9.47 Å². The molecule has 2 aliphatic heterocycles. The van der Waals surface area contributed by atoms with Gasteiger partial charge < -0.3 is 19.1 Å². The molecule has 0 aliphatic carbocycles. The van der Waals surface area contributed by atoms with Gasteiger partial charge in [-0.2, -0.15) is 0 Å². The third kappa shape index (κ3) is 5.53. The molecule has 1 atom stereocenters. The number of piperidine rings is 1. The van der Waals surface area contributed by atoms with Crippen molar-refractivity contribution in [2.45, 2.75) is 78.4 Å². The van der Waals surface area contributed by atoms with Gasteiger partial charge in [-0.3, -0.25) is 14.4 Å². The normalized spacial score (nSPS) is 18.8. The Morgan fingerprint density at radius 1 is 0.837 bits per heavy atom. The van der Waals surface area contributed by atoms with E-state index >= 15 is 0 Å². The van der Waals surface area contributed by atoms with E-state index in [1.54, 1.807) is 0 Å². The molecule has 3 aromatic carbocycles. The number of amides is 1. The highest BCUT2D eigenvalue weighted by Gasteiger charge is 2.49. The number of esters is 2. The molecule has 2 aliphatic rings. The predicted molar refractivity (Wildman–Crippen MR) is 164 cm³/mol. The number of nitrogens with zero attached hydrogens (tertiary/aromatic N) is 1. The maximum Gasteiger partial charge on any atom is 0.308 e. The topological polar surface area (TPSA) is 82.1 Å². The molecule has 0 aromatic heterocycles. The average molecular weight is 584 g/mol. The molecule has 0 saturated carbocycles. The van der Waals surface area contributed by atoms with E-state index in [0.717, 1.165) is 33.4 Å². The second-order valence-electron chi connectivity index (χ2n) is 12.1. The van der Waals surface area contributed by atoms with Crippen LogP contribution in [0, 0.1) is 26.7 Å². The number of hydrogen-bond donors (Lipinski definition) is 0. The van der Waals surface area contributed by atoms with E-state index in [0.29, 0.717) is 50.3 Å². The van der Waals surface area contributed by atoms with Crippen molar-refractivity contribution in [3.05, 3.63) is 94.0 Å².